The third kappa shape index (κ3) is 6.73. The predicted octanol–water partition coefficient (Wildman–Crippen LogP) is 6.53. The lowest BCUT2D eigenvalue weighted by Crippen LogP contribution is -2.30. The molecule has 45 heavy (non-hydrogen) atoms. The molecule has 1 aliphatic heterocycles. The molecule has 9 nitrogen and oxygen atoms in total. The van der Waals surface area contributed by atoms with Gasteiger partial charge in [0, 0.05) is 26.6 Å². The Kier molecular flexibility index (Phi) is 8.99. The Balaban J connectivity index is 0.000000211. The summed E-state index contributed by atoms with van der Waals surface area (Å²) in [5, 5.41) is 51.9. The highest BCUT2D eigenvalue weighted by molar-refractivity contribution is 6.04. The summed E-state index contributed by atoms with van der Waals surface area (Å²) in [4.78, 5) is 30.4. The van der Waals surface area contributed by atoms with Crippen LogP contribution in [0.25, 0.3) is 27.6 Å². The number of carboxylic acid groups (broad SMARTS) is 2. The number of nitrogens with zero attached hydrogens (tertiary/aromatic N) is 2. The number of benzene rings is 5. The Labute approximate surface area is 259 Å². The van der Waals surface area contributed by atoms with Gasteiger partial charge in [-0.1, -0.05) is 66.7 Å². The van der Waals surface area contributed by atoms with Crippen LogP contribution in [0.4, 0.5) is 0 Å². The molecule has 1 heterocycles. The van der Waals surface area contributed by atoms with Gasteiger partial charge in [0.05, 0.1) is 0 Å². The summed E-state index contributed by atoms with van der Waals surface area (Å²) in [6.45, 7) is 1.97. The zero-order chi connectivity index (χ0) is 32.1. The Morgan fingerprint density at radius 3 is 1.82 bits per heavy atom. The van der Waals surface area contributed by atoms with Gasteiger partial charge in [-0.05, 0) is 75.0 Å². The molecule has 0 saturated carbocycles. The van der Waals surface area contributed by atoms with Crippen LogP contribution in [0, 0.1) is 0 Å². The first kappa shape index (κ1) is 30.6. The number of carboxylic acids is 2. The lowest BCUT2D eigenvalue weighted by Gasteiger charge is -2.22. The molecule has 0 fully saturated rings. The first-order valence-electron chi connectivity index (χ1n) is 14.3. The maximum absolute atomic E-state index is 11.9. The van der Waals surface area contributed by atoms with Gasteiger partial charge in [-0.2, -0.15) is 0 Å². The lowest BCUT2D eigenvalue weighted by atomic mass is 9.88. The maximum atomic E-state index is 11.9. The number of hydrogen-bond acceptors (Lipinski definition) is 7. The molecule has 0 radical (unpaired) electrons. The van der Waals surface area contributed by atoms with E-state index >= 15 is 0 Å². The third-order valence-electron chi connectivity index (χ3n) is 7.66. The quantitative estimate of drug-likeness (QED) is 0.147. The van der Waals surface area contributed by atoms with Crippen molar-refractivity contribution in [1.29, 1.82) is 0 Å². The van der Waals surface area contributed by atoms with E-state index in [4.69, 9.17) is 0 Å². The van der Waals surface area contributed by atoms with Crippen molar-refractivity contribution in [2.24, 2.45) is 4.99 Å². The fourth-order valence-corrected chi connectivity index (χ4v) is 5.55. The Hall–Kier alpha value is -5.83. The first-order valence-corrected chi connectivity index (χ1v) is 14.3. The van der Waals surface area contributed by atoms with Crippen LogP contribution in [0.2, 0.25) is 0 Å². The molecule has 0 unspecified atom stereocenters. The number of aromatic carboxylic acids is 2. The van der Waals surface area contributed by atoms with Gasteiger partial charge >= 0.3 is 11.9 Å². The van der Waals surface area contributed by atoms with Gasteiger partial charge in [-0.3, -0.25) is 4.99 Å². The zero-order valence-electron chi connectivity index (χ0n) is 24.5. The first-order chi connectivity index (χ1) is 21.6. The molecule has 0 aromatic heterocycles. The molecule has 0 aliphatic carbocycles. The second-order valence-corrected chi connectivity index (χ2v) is 10.7. The molecule has 5 aromatic rings. The van der Waals surface area contributed by atoms with E-state index in [0.717, 1.165) is 30.9 Å². The van der Waals surface area contributed by atoms with Gasteiger partial charge in [0.15, 0.2) is 0 Å². The predicted molar refractivity (Wildman–Crippen MR) is 175 cm³/mol. The monoisotopic (exact) mass is 604 g/mol. The van der Waals surface area contributed by atoms with Gasteiger partial charge in [0.25, 0.3) is 0 Å². The molecular weight excluding hydrogens is 572 g/mol. The molecule has 1 aliphatic rings. The van der Waals surface area contributed by atoms with Crippen molar-refractivity contribution in [1.82, 2.24) is 4.90 Å². The molecule has 9 heteroatoms. The van der Waals surface area contributed by atoms with E-state index in [1.165, 1.54) is 12.1 Å². The van der Waals surface area contributed by atoms with Crippen LogP contribution in [0.15, 0.2) is 96.0 Å². The summed E-state index contributed by atoms with van der Waals surface area (Å²) in [6, 6.07) is 23.9. The standard InChI is InChI=1S/C23H16O6.C13H16N2O/c24-18-9-12-5-1-3-7-14(12)16(20(18)22(26)27)11-17-15-8-4-2-6-13(15)10-19(25)21(17)23(28)29;1-15-9-3-8-14-13(15)7-6-11-4-2-5-12(16)10-11/h1-10,24-25H,11H2,(H,26,27)(H,28,29);2,4-7,10,16H,3,8-9H2,1H3. The van der Waals surface area contributed by atoms with E-state index < -0.39 is 23.4 Å². The minimum atomic E-state index is -1.32. The van der Waals surface area contributed by atoms with Gasteiger partial charge < -0.3 is 30.4 Å². The van der Waals surface area contributed by atoms with Crippen LogP contribution >= 0.6 is 0 Å². The number of phenolic OH excluding ortho intramolecular Hbond substituents is 1. The molecule has 5 N–H and O–H groups in total. The molecular formula is C36H32N2O7. The second-order valence-electron chi connectivity index (χ2n) is 10.7. The van der Waals surface area contributed by atoms with E-state index in [9.17, 15) is 35.1 Å². The van der Waals surface area contributed by atoms with E-state index in [-0.39, 0.29) is 28.7 Å². The van der Waals surface area contributed by atoms with Crippen molar-refractivity contribution in [3.8, 4) is 17.2 Å². The van der Waals surface area contributed by atoms with Crippen LogP contribution in [0.1, 0.15) is 43.8 Å². The average molecular weight is 605 g/mol. The third-order valence-corrected chi connectivity index (χ3v) is 7.66. The smallest absolute Gasteiger partial charge is 0.339 e. The molecule has 6 rings (SSSR count). The summed E-state index contributed by atoms with van der Waals surface area (Å²) in [5.41, 5.74) is 0.985. The summed E-state index contributed by atoms with van der Waals surface area (Å²) in [5.74, 6) is -2.12. The fraction of sp³-hybridized carbons (Fsp3) is 0.139. The Morgan fingerprint density at radius 1 is 0.756 bits per heavy atom. The van der Waals surface area contributed by atoms with E-state index in [1.807, 2.05) is 31.3 Å². The second kappa shape index (κ2) is 13.2. The summed E-state index contributed by atoms with van der Waals surface area (Å²) in [6.07, 6.45) is 5.00. The fourth-order valence-electron chi connectivity index (χ4n) is 5.55. The Morgan fingerprint density at radius 2 is 1.31 bits per heavy atom. The SMILES string of the molecule is CN1CCCN=C1C=Cc1cccc(O)c1.O=C(O)c1c(O)cc2ccccc2c1Cc1c(C(=O)O)c(O)cc2ccccc12. The molecule has 0 saturated heterocycles. The van der Waals surface area contributed by atoms with Crippen molar-refractivity contribution in [3.05, 3.63) is 119 Å². The number of phenols is 3. The van der Waals surface area contributed by atoms with Crippen molar-refractivity contribution >= 4 is 45.4 Å². The summed E-state index contributed by atoms with van der Waals surface area (Å²) < 4.78 is 0. The number of amidine groups is 1. The van der Waals surface area contributed by atoms with Gasteiger partial charge in [0.1, 0.15) is 34.2 Å². The number of likely N-dealkylation sites (N-methyl/N-ethyl adjacent to an activating group) is 1. The number of aromatic hydroxyl groups is 3. The topological polar surface area (TPSA) is 151 Å². The van der Waals surface area contributed by atoms with E-state index in [0.29, 0.717) is 27.3 Å². The minimum absolute atomic E-state index is 0.0902. The molecule has 5 aromatic carbocycles. The van der Waals surface area contributed by atoms with Crippen molar-refractivity contribution in [2.75, 3.05) is 20.1 Å². The molecule has 0 bridgehead atoms. The highest BCUT2D eigenvalue weighted by Gasteiger charge is 2.24. The van der Waals surface area contributed by atoms with Crippen LogP contribution in [-0.4, -0.2) is 68.3 Å². The highest BCUT2D eigenvalue weighted by Crippen LogP contribution is 2.37. The highest BCUT2D eigenvalue weighted by atomic mass is 16.4. The minimum Gasteiger partial charge on any atom is -0.508 e. The molecule has 228 valence electrons. The number of aliphatic imine (C=N–C) groups is 1. The van der Waals surface area contributed by atoms with Crippen LogP contribution in [-0.2, 0) is 6.42 Å². The van der Waals surface area contributed by atoms with E-state index in [2.05, 4.69) is 9.89 Å². The average Bonchev–Trinajstić information content (AvgIpc) is 3.00. The van der Waals surface area contributed by atoms with Gasteiger partial charge in [-0.15, -0.1) is 0 Å². The van der Waals surface area contributed by atoms with E-state index in [1.54, 1.807) is 60.7 Å². The molecule has 0 atom stereocenters. The summed E-state index contributed by atoms with van der Waals surface area (Å²) >= 11 is 0. The number of rotatable bonds is 6. The lowest BCUT2D eigenvalue weighted by molar-refractivity contribution is 0.0683. The van der Waals surface area contributed by atoms with Gasteiger partial charge in [0.2, 0.25) is 0 Å². The van der Waals surface area contributed by atoms with Crippen molar-refractivity contribution < 1.29 is 35.1 Å². The number of hydrogen-bond donors (Lipinski definition) is 5. The van der Waals surface area contributed by atoms with Crippen LogP contribution in [0.3, 0.4) is 0 Å². The molecule has 0 amide bonds. The summed E-state index contributed by atoms with van der Waals surface area (Å²) in [7, 11) is 2.05. The number of fused-ring (bicyclic) bond motifs is 2. The Bertz CT molecular complexity index is 1880. The van der Waals surface area contributed by atoms with Crippen LogP contribution < -0.4 is 0 Å². The largest absolute Gasteiger partial charge is 0.508 e. The zero-order valence-corrected chi connectivity index (χ0v) is 24.5. The molecule has 0 spiro atoms. The van der Waals surface area contributed by atoms with Crippen LogP contribution in [0.5, 0.6) is 17.2 Å². The maximum Gasteiger partial charge on any atom is 0.339 e. The van der Waals surface area contributed by atoms with Crippen molar-refractivity contribution in [3.63, 3.8) is 0 Å². The van der Waals surface area contributed by atoms with Crippen molar-refractivity contribution in [2.45, 2.75) is 12.8 Å². The number of carbonyl (C=O) groups is 2. The normalized spacial score (nSPS) is 13.0. The van der Waals surface area contributed by atoms with Gasteiger partial charge in [-0.25, -0.2) is 9.59 Å².